The van der Waals surface area contributed by atoms with E-state index in [4.69, 9.17) is 9.47 Å². The Kier molecular flexibility index (Phi) is 11.8. The van der Waals surface area contributed by atoms with E-state index in [1.54, 1.807) is 13.8 Å². The molecule has 2 amide bonds. The molecule has 0 aromatic heterocycles. The zero-order chi connectivity index (χ0) is 19.3. The van der Waals surface area contributed by atoms with Crippen LogP contribution < -0.4 is 10.6 Å². The highest BCUT2D eigenvalue weighted by atomic mass is 16.5. The summed E-state index contributed by atoms with van der Waals surface area (Å²) in [7, 11) is 0. The molecule has 6 heteroatoms. The first-order valence-corrected chi connectivity index (χ1v) is 8.68. The van der Waals surface area contributed by atoms with E-state index in [0.29, 0.717) is 50.7 Å². The zero-order valence-corrected chi connectivity index (χ0v) is 16.2. The number of hydrogen-bond donors (Lipinski definition) is 2. The lowest BCUT2D eigenvalue weighted by atomic mass is 9.96. The van der Waals surface area contributed by atoms with Crippen molar-refractivity contribution in [3.05, 3.63) is 24.3 Å². The molecular formula is C19H34N2O4. The normalized spacial score (nSPS) is 11.0. The number of carbonyl (C=O) groups excluding carboxylic acids is 2. The molecule has 0 radical (unpaired) electrons. The Morgan fingerprint density at radius 2 is 1.20 bits per heavy atom. The highest BCUT2D eigenvalue weighted by molar-refractivity contribution is 5.92. The summed E-state index contributed by atoms with van der Waals surface area (Å²) in [6, 6.07) is 0. The number of amides is 2. The topological polar surface area (TPSA) is 76.7 Å². The molecule has 0 saturated heterocycles. The largest absolute Gasteiger partial charge is 0.381 e. The second-order valence-electron chi connectivity index (χ2n) is 7.05. The molecule has 0 atom stereocenters. The van der Waals surface area contributed by atoms with Crippen molar-refractivity contribution >= 4 is 11.8 Å². The molecule has 0 rings (SSSR count). The maximum Gasteiger partial charge on any atom is 0.246 e. The minimum Gasteiger partial charge on any atom is -0.381 e. The van der Waals surface area contributed by atoms with Crippen LogP contribution in [0.25, 0.3) is 0 Å². The first-order valence-electron chi connectivity index (χ1n) is 8.68. The Morgan fingerprint density at radius 1 is 0.840 bits per heavy atom. The summed E-state index contributed by atoms with van der Waals surface area (Å²) in [5.41, 5.74) is 0.943. The fraction of sp³-hybridized carbons (Fsp3) is 0.684. The molecule has 0 unspecified atom stereocenters. The first kappa shape index (κ1) is 23.3. The minimum atomic E-state index is -0.117. The number of ether oxygens (including phenoxy) is 2. The van der Waals surface area contributed by atoms with Gasteiger partial charge in [0, 0.05) is 42.9 Å². The molecule has 0 aliphatic rings. The Morgan fingerprint density at radius 3 is 1.52 bits per heavy atom. The molecule has 0 aliphatic heterocycles. The van der Waals surface area contributed by atoms with E-state index < -0.39 is 0 Å². The summed E-state index contributed by atoms with van der Waals surface area (Å²) >= 11 is 0. The maximum atomic E-state index is 11.3. The second kappa shape index (κ2) is 12.7. The van der Waals surface area contributed by atoms with E-state index in [1.807, 2.05) is 0 Å². The number of carbonyl (C=O) groups is 2. The Hall–Kier alpha value is -1.66. The van der Waals surface area contributed by atoms with Crippen molar-refractivity contribution in [2.24, 2.45) is 5.41 Å². The fourth-order valence-electron chi connectivity index (χ4n) is 1.79. The van der Waals surface area contributed by atoms with Gasteiger partial charge in [-0.3, -0.25) is 9.59 Å². The van der Waals surface area contributed by atoms with Crippen molar-refractivity contribution in [1.82, 2.24) is 10.6 Å². The molecule has 0 heterocycles. The summed E-state index contributed by atoms with van der Waals surface area (Å²) in [6.45, 7) is 18.2. The smallest absolute Gasteiger partial charge is 0.246 e. The predicted molar refractivity (Wildman–Crippen MR) is 100 cm³/mol. The summed E-state index contributed by atoms with van der Waals surface area (Å²) in [6.07, 6.45) is 1.52. The van der Waals surface area contributed by atoms with E-state index in [0.717, 1.165) is 12.8 Å². The number of rotatable bonds is 14. The Bertz CT molecular complexity index is 418. The van der Waals surface area contributed by atoms with Crippen LogP contribution in [0.15, 0.2) is 24.3 Å². The van der Waals surface area contributed by atoms with Crippen molar-refractivity contribution in [2.45, 2.75) is 40.5 Å². The minimum absolute atomic E-state index is 0.0814. The van der Waals surface area contributed by atoms with Crippen LogP contribution in [0.2, 0.25) is 0 Å². The molecule has 0 spiro atoms. The summed E-state index contributed by atoms with van der Waals surface area (Å²) < 4.78 is 11.3. The van der Waals surface area contributed by atoms with Crippen LogP contribution in [-0.4, -0.2) is 51.3 Å². The molecule has 0 aromatic rings. The van der Waals surface area contributed by atoms with E-state index >= 15 is 0 Å². The molecule has 0 aliphatic carbocycles. The maximum absolute atomic E-state index is 11.3. The van der Waals surface area contributed by atoms with Gasteiger partial charge in [0.25, 0.3) is 0 Å². The van der Waals surface area contributed by atoms with Gasteiger partial charge in [-0.15, -0.1) is 0 Å². The van der Waals surface area contributed by atoms with Gasteiger partial charge >= 0.3 is 0 Å². The molecule has 6 nitrogen and oxygen atoms in total. The van der Waals surface area contributed by atoms with Crippen molar-refractivity contribution in [3.8, 4) is 0 Å². The first-order chi connectivity index (χ1) is 11.7. The van der Waals surface area contributed by atoms with Gasteiger partial charge in [0.2, 0.25) is 11.8 Å². The average molecular weight is 354 g/mol. The van der Waals surface area contributed by atoms with Gasteiger partial charge in [-0.25, -0.2) is 0 Å². The SMILES string of the molecule is C=C(C)C(=O)NCCCOCC(C)(C)COCCCNC(=O)C(=C)C. The third kappa shape index (κ3) is 13.3. The highest BCUT2D eigenvalue weighted by Gasteiger charge is 2.18. The van der Waals surface area contributed by atoms with Crippen LogP contribution in [0, 0.1) is 5.41 Å². The predicted octanol–water partition coefficient (Wildman–Crippen LogP) is 2.21. The van der Waals surface area contributed by atoms with Gasteiger partial charge in [0.05, 0.1) is 13.2 Å². The lowest BCUT2D eigenvalue weighted by Gasteiger charge is -2.24. The Labute approximate surface area is 152 Å². The standard InChI is InChI=1S/C19H34N2O4/c1-15(2)17(22)20-9-7-11-24-13-19(5,6)14-25-12-8-10-21-18(23)16(3)4/h1,3,7-14H2,2,4-6H3,(H,20,22)(H,21,23). The molecular weight excluding hydrogens is 320 g/mol. The molecule has 144 valence electrons. The number of nitrogens with one attached hydrogen (secondary N) is 2. The fourth-order valence-corrected chi connectivity index (χ4v) is 1.79. The van der Waals surface area contributed by atoms with Crippen molar-refractivity contribution in [1.29, 1.82) is 0 Å². The average Bonchev–Trinajstić information content (AvgIpc) is 2.53. The van der Waals surface area contributed by atoms with Crippen LogP contribution >= 0.6 is 0 Å². The third-order valence-corrected chi connectivity index (χ3v) is 3.26. The van der Waals surface area contributed by atoms with Gasteiger partial charge in [-0.05, 0) is 26.7 Å². The molecule has 0 fully saturated rings. The summed E-state index contributed by atoms with van der Waals surface area (Å²) in [4.78, 5) is 22.6. The molecule has 25 heavy (non-hydrogen) atoms. The summed E-state index contributed by atoms with van der Waals surface area (Å²) in [5.74, 6) is -0.235. The zero-order valence-electron chi connectivity index (χ0n) is 16.2. The highest BCUT2D eigenvalue weighted by Crippen LogP contribution is 2.16. The molecule has 2 N–H and O–H groups in total. The van der Waals surface area contributed by atoms with E-state index in [-0.39, 0.29) is 17.2 Å². The van der Waals surface area contributed by atoms with Crippen LogP contribution in [0.4, 0.5) is 0 Å². The van der Waals surface area contributed by atoms with Crippen LogP contribution in [0.1, 0.15) is 40.5 Å². The van der Waals surface area contributed by atoms with Gasteiger partial charge in [0.1, 0.15) is 0 Å². The number of hydrogen-bond acceptors (Lipinski definition) is 4. The van der Waals surface area contributed by atoms with Gasteiger partial charge in [-0.2, -0.15) is 0 Å². The second-order valence-corrected chi connectivity index (χ2v) is 7.05. The lowest BCUT2D eigenvalue weighted by Crippen LogP contribution is -2.29. The van der Waals surface area contributed by atoms with Gasteiger partial charge in [-0.1, -0.05) is 27.0 Å². The van der Waals surface area contributed by atoms with Crippen LogP contribution in [-0.2, 0) is 19.1 Å². The van der Waals surface area contributed by atoms with Crippen molar-refractivity contribution < 1.29 is 19.1 Å². The molecule has 0 saturated carbocycles. The van der Waals surface area contributed by atoms with Crippen molar-refractivity contribution in [3.63, 3.8) is 0 Å². The van der Waals surface area contributed by atoms with Crippen LogP contribution in [0.3, 0.4) is 0 Å². The molecule has 0 aromatic carbocycles. The summed E-state index contributed by atoms with van der Waals surface area (Å²) in [5, 5.41) is 5.54. The van der Waals surface area contributed by atoms with E-state index in [1.165, 1.54) is 0 Å². The van der Waals surface area contributed by atoms with Crippen LogP contribution in [0.5, 0.6) is 0 Å². The molecule has 0 bridgehead atoms. The lowest BCUT2D eigenvalue weighted by molar-refractivity contribution is -0.118. The van der Waals surface area contributed by atoms with E-state index in [2.05, 4.69) is 37.6 Å². The third-order valence-electron chi connectivity index (χ3n) is 3.26. The Balaban J connectivity index is 3.61. The van der Waals surface area contributed by atoms with E-state index in [9.17, 15) is 9.59 Å². The van der Waals surface area contributed by atoms with Gasteiger partial charge in [0.15, 0.2) is 0 Å². The van der Waals surface area contributed by atoms with Crippen molar-refractivity contribution in [2.75, 3.05) is 39.5 Å². The van der Waals surface area contributed by atoms with Gasteiger partial charge < -0.3 is 20.1 Å². The quantitative estimate of drug-likeness (QED) is 0.370. The monoisotopic (exact) mass is 354 g/mol.